The topological polar surface area (TPSA) is 37.3 Å². The van der Waals surface area contributed by atoms with Gasteiger partial charge in [-0.15, -0.1) is 0 Å². The van der Waals surface area contributed by atoms with Crippen LogP contribution in [0.25, 0.3) is 6.08 Å². The second kappa shape index (κ2) is 5.80. The zero-order valence-corrected chi connectivity index (χ0v) is 11.4. The summed E-state index contributed by atoms with van der Waals surface area (Å²) in [6.45, 7) is 0. The average molecular weight is 321 g/mol. The summed E-state index contributed by atoms with van der Waals surface area (Å²) in [5.74, 6) is -0.679. The number of carbonyl (C=O) groups is 1. The molecule has 0 amide bonds. The van der Waals surface area contributed by atoms with E-state index in [4.69, 9.17) is 0 Å². The van der Waals surface area contributed by atoms with Crippen LogP contribution in [0.15, 0.2) is 53.0 Å². The Morgan fingerprint density at radius 3 is 2.68 bits per heavy atom. The maximum absolute atomic E-state index is 13.5. The van der Waals surface area contributed by atoms with Gasteiger partial charge in [-0.25, -0.2) is 4.39 Å². The van der Waals surface area contributed by atoms with Gasteiger partial charge in [0, 0.05) is 15.6 Å². The van der Waals surface area contributed by atoms with E-state index in [1.54, 1.807) is 24.3 Å². The largest absolute Gasteiger partial charge is 0.508 e. The van der Waals surface area contributed by atoms with Gasteiger partial charge in [0.25, 0.3) is 0 Å². The zero-order valence-electron chi connectivity index (χ0n) is 9.81. The molecule has 96 valence electrons. The van der Waals surface area contributed by atoms with E-state index in [-0.39, 0.29) is 11.5 Å². The van der Waals surface area contributed by atoms with E-state index >= 15 is 0 Å². The van der Waals surface area contributed by atoms with Gasteiger partial charge >= 0.3 is 0 Å². The van der Waals surface area contributed by atoms with Crippen molar-refractivity contribution in [1.29, 1.82) is 0 Å². The Hall–Kier alpha value is -1.94. The molecule has 4 heteroatoms. The van der Waals surface area contributed by atoms with Crippen molar-refractivity contribution >= 4 is 27.8 Å². The van der Waals surface area contributed by atoms with E-state index < -0.39 is 5.82 Å². The van der Waals surface area contributed by atoms with Crippen molar-refractivity contribution in [3.63, 3.8) is 0 Å². The normalized spacial score (nSPS) is 10.8. The Labute approximate surface area is 118 Å². The monoisotopic (exact) mass is 320 g/mol. The van der Waals surface area contributed by atoms with E-state index in [0.29, 0.717) is 15.6 Å². The van der Waals surface area contributed by atoms with Crippen LogP contribution in [0, 0.1) is 5.82 Å². The third-order valence-corrected chi connectivity index (χ3v) is 3.00. The predicted molar refractivity (Wildman–Crippen MR) is 75.6 cm³/mol. The highest BCUT2D eigenvalue weighted by molar-refractivity contribution is 9.10. The number of rotatable bonds is 3. The Bertz CT molecular complexity index is 650. The fraction of sp³-hybridized carbons (Fsp3) is 0. The van der Waals surface area contributed by atoms with Crippen LogP contribution in [-0.4, -0.2) is 10.9 Å². The molecular formula is C15H10BrFO2. The van der Waals surface area contributed by atoms with Crippen LogP contribution in [0.3, 0.4) is 0 Å². The summed E-state index contributed by atoms with van der Waals surface area (Å²) in [7, 11) is 0. The van der Waals surface area contributed by atoms with Gasteiger partial charge in [-0.3, -0.25) is 4.79 Å². The maximum Gasteiger partial charge on any atom is 0.185 e. The zero-order chi connectivity index (χ0) is 13.8. The summed E-state index contributed by atoms with van der Waals surface area (Å²) in [5, 5.41) is 9.28. The van der Waals surface area contributed by atoms with E-state index in [1.807, 2.05) is 0 Å². The van der Waals surface area contributed by atoms with Crippen LogP contribution in [0.5, 0.6) is 5.75 Å². The van der Waals surface area contributed by atoms with Gasteiger partial charge in [0.2, 0.25) is 0 Å². The van der Waals surface area contributed by atoms with E-state index in [0.717, 1.165) is 0 Å². The van der Waals surface area contributed by atoms with Gasteiger partial charge in [0.1, 0.15) is 11.6 Å². The van der Waals surface area contributed by atoms with Gasteiger partial charge < -0.3 is 5.11 Å². The molecule has 0 saturated carbocycles. The van der Waals surface area contributed by atoms with Crippen molar-refractivity contribution in [1.82, 2.24) is 0 Å². The number of hydrogen-bond donors (Lipinski definition) is 1. The highest BCUT2D eigenvalue weighted by Gasteiger charge is 2.04. The Balaban J connectivity index is 2.21. The molecule has 0 aliphatic heterocycles. The number of aromatic hydroxyl groups is 1. The minimum Gasteiger partial charge on any atom is -0.508 e. The van der Waals surface area contributed by atoms with Crippen molar-refractivity contribution in [3.05, 3.63) is 70.0 Å². The quantitative estimate of drug-likeness (QED) is 0.680. The molecule has 0 bridgehead atoms. The molecule has 0 atom stereocenters. The summed E-state index contributed by atoms with van der Waals surface area (Å²) < 4.78 is 14.2. The highest BCUT2D eigenvalue weighted by Crippen LogP contribution is 2.17. The molecule has 0 aliphatic carbocycles. The van der Waals surface area contributed by atoms with Crippen LogP contribution in [0.1, 0.15) is 15.9 Å². The number of benzene rings is 2. The molecule has 0 aromatic heterocycles. The molecule has 0 aliphatic rings. The number of carbonyl (C=O) groups excluding carboxylic acids is 1. The smallest absolute Gasteiger partial charge is 0.185 e. The molecule has 19 heavy (non-hydrogen) atoms. The lowest BCUT2D eigenvalue weighted by Crippen LogP contribution is -1.93. The summed E-state index contributed by atoms with van der Waals surface area (Å²) in [5.41, 5.74) is 0.686. The van der Waals surface area contributed by atoms with E-state index in [1.165, 1.54) is 30.4 Å². The molecule has 2 rings (SSSR count). The van der Waals surface area contributed by atoms with Gasteiger partial charge in [0.05, 0.1) is 0 Å². The first-order valence-corrected chi connectivity index (χ1v) is 6.32. The second-order valence-corrected chi connectivity index (χ2v) is 4.83. The summed E-state index contributed by atoms with van der Waals surface area (Å²) in [4.78, 5) is 11.8. The number of halogens is 2. The Morgan fingerprint density at radius 2 is 2.00 bits per heavy atom. The molecule has 2 aromatic rings. The van der Waals surface area contributed by atoms with Crippen LogP contribution in [0.4, 0.5) is 4.39 Å². The van der Waals surface area contributed by atoms with Crippen molar-refractivity contribution in [2.75, 3.05) is 0 Å². The first kappa shape index (κ1) is 13.5. The Morgan fingerprint density at radius 1 is 1.21 bits per heavy atom. The first-order chi connectivity index (χ1) is 9.06. The molecule has 2 nitrogen and oxygen atoms in total. The van der Waals surface area contributed by atoms with Crippen LogP contribution in [0.2, 0.25) is 0 Å². The number of ketones is 1. The molecular weight excluding hydrogens is 311 g/mol. The SMILES string of the molecule is O=C(/C=C/c1ccc(Br)cc1F)c1cccc(O)c1. The second-order valence-electron chi connectivity index (χ2n) is 3.91. The molecule has 0 unspecified atom stereocenters. The van der Waals surface area contributed by atoms with Gasteiger partial charge in [-0.1, -0.05) is 34.1 Å². The number of phenols is 1. The fourth-order valence-electron chi connectivity index (χ4n) is 1.56. The van der Waals surface area contributed by atoms with Gasteiger partial charge in [0.15, 0.2) is 5.78 Å². The minimum atomic E-state index is -0.408. The van der Waals surface area contributed by atoms with Crippen molar-refractivity contribution in [2.24, 2.45) is 0 Å². The number of allylic oxidation sites excluding steroid dienone is 1. The van der Waals surface area contributed by atoms with Crippen LogP contribution >= 0.6 is 15.9 Å². The molecule has 2 aromatic carbocycles. The first-order valence-electron chi connectivity index (χ1n) is 5.53. The summed E-state index contributed by atoms with van der Waals surface area (Å²) in [6, 6.07) is 10.6. The lowest BCUT2D eigenvalue weighted by Gasteiger charge is -1.99. The molecule has 0 spiro atoms. The average Bonchev–Trinajstić information content (AvgIpc) is 2.37. The third kappa shape index (κ3) is 3.51. The van der Waals surface area contributed by atoms with Crippen molar-refractivity contribution in [2.45, 2.75) is 0 Å². The number of phenolic OH excluding ortho intramolecular Hbond substituents is 1. The molecule has 1 N–H and O–H groups in total. The summed E-state index contributed by atoms with van der Waals surface area (Å²) in [6.07, 6.45) is 2.69. The van der Waals surface area contributed by atoms with Crippen LogP contribution in [-0.2, 0) is 0 Å². The van der Waals surface area contributed by atoms with Gasteiger partial charge in [-0.05, 0) is 36.4 Å². The van der Waals surface area contributed by atoms with Crippen LogP contribution < -0.4 is 0 Å². The highest BCUT2D eigenvalue weighted by atomic mass is 79.9. The number of hydrogen-bond acceptors (Lipinski definition) is 2. The van der Waals surface area contributed by atoms with E-state index in [2.05, 4.69) is 15.9 Å². The van der Waals surface area contributed by atoms with Crippen molar-refractivity contribution < 1.29 is 14.3 Å². The fourth-order valence-corrected chi connectivity index (χ4v) is 1.89. The van der Waals surface area contributed by atoms with E-state index in [9.17, 15) is 14.3 Å². The maximum atomic E-state index is 13.5. The van der Waals surface area contributed by atoms with Gasteiger partial charge in [-0.2, -0.15) is 0 Å². The minimum absolute atomic E-state index is 0.0223. The molecule has 0 radical (unpaired) electrons. The van der Waals surface area contributed by atoms with Crippen molar-refractivity contribution in [3.8, 4) is 5.75 Å². The standard InChI is InChI=1S/C15H10BrFO2/c16-12-6-4-10(14(17)9-12)5-7-15(19)11-2-1-3-13(18)8-11/h1-9,18H/b7-5+. The molecule has 0 heterocycles. The molecule has 0 saturated heterocycles. The third-order valence-electron chi connectivity index (χ3n) is 2.51. The lowest BCUT2D eigenvalue weighted by molar-refractivity contribution is 0.104. The molecule has 0 fully saturated rings. The summed E-state index contributed by atoms with van der Waals surface area (Å²) >= 11 is 3.16. The predicted octanol–water partition coefficient (Wildman–Crippen LogP) is 4.19. The lowest BCUT2D eigenvalue weighted by atomic mass is 10.1. The Kier molecular flexibility index (Phi) is 4.12.